The van der Waals surface area contributed by atoms with Crippen molar-refractivity contribution in [2.24, 2.45) is 0 Å². The van der Waals surface area contributed by atoms with Gasteiger partial charge in [0, 0.05) is 5.56 Å². The fraction of sp³-hybridized carbons (Fsp3) is 0.333. The average Bonchev–Trinajstić information content (AvgIpc) is 2.29. The lowest BCUT2D eigenvalue weighted by atomic mass is 10.1. The maximum atomic E-state index is 9.94. The van der Waals surface area contributed by atoms with Gasteiger partial charge in [-0.1, -0.05) is 6.08 Å². The van der Waals surface area contributed by atoms with E-state index in [1.807, 2.05) is 0 Å². The van der Waals surface area contributed by atoms with Crippen LogP contribution in [0.1, 0.15) is 5.56 Å². The molecule has 16 heavy (non-hydrogen) atoms. The molecule has 4 heteroatoms. The predicted molar refractivity (Wildman–Crippen MR) is 61.7 cm³/mol. The molecule has 0 aliphatic rings. The summed E-state index contributed by atoms with van der Waals surface area (Å²) >= 11 is 0. The van der Waals surface area contributed by atoms with E-state index in [0.29, 0.717) is 17.9 Å². The number of rotatable bonds is 5. The zero-order valence-corrected chi connectivity index (χ0v) is 9.74. The SMILES string of the molecule is C=CCc1cc(OC)c(OC)c(O)c1OC. The van der Waals surface area contributed by atoms with Crippen LogP contribution in [0.3, 0.4) is 0 Å². The molecule has 0 radical (unpaired) electrons. The molecule has 0 heterocycles. The Balaban J connectivity index is 3.40. The van der Waals surface area contributed by atoms with Crippen molar-refractivity contribution in [1.29, 1.82) is 0 Å². The fourth-order valence-corrected chi connectivity index (χ4v) is 1.55. The number of allylic oxidation sites excluding steroid dienone is 1. The van der Waals surface area contributed by atoms with Crippen LogP contribution in [0.5, 0.6) is 23.0 Å². The molecule has 88 valence electrons. The number of aromatic hydroxyl groups is 1. The first kappa shape index (κ1) is 12.2. The van der Waals surface area contributed by atoms with Gasteiger partial charge >= 0.3 is 0 Å². The van der Waals surface area contributed by atoms with Crippen molar-refractivity contribution in [3.05, 3.63) is 24.3 Å². The Morgan fingerprint density at radius 3 is 2.25 bits per heavy atom. The molecule has 0 amide bonds. The van der Waals surface area contributed by atoms with Gasteiger partial charge in [0.05, 0.1) is 21.3 Å². The first-order valence-electron chi connectivity index (χ1n) is 4.81. The Hall–Kier alpha value is -1.84. The Morgan fingerprint density at radius 1 is 1.19 bits per heavy atom. The van der Waals surface area contributed by atoms with Crippen LogP contribution in [0.2, 0.25) is 0 Å². The summed E-state index contributed by atoms with van der Waals surface area (Å²) in [6.07, 6.45) is 2.31. The topological polar surface area (TPSA) is 47.9 Å². The second-order valence-electron chi connectivity index (χ2n) is 3.15. The summed E-state index contributed by atoms with van der Waals surface area (Å²) in [7, 11) is 4.47. The van der Waals surface area contributed by atoms with Gasteiger partial charge in [-0.15, -0.1) is 6.58 Å². The molecule has 0 bridgehead atoms. The highest BCUT2D eigenvalue weighted by Crippen LogP contribution is 2.45. The monoisotopic (exact) mass is 224 g/mol. The summed E-state index contributed by atoms with van der Waals surface area (Å²) in [5, 5.41) is 9.94. The zero-order valence-electron chi connectivity index (χ0n) is 9.74. The van der Waals surface area contributed by atoms with Crippen molar-refractivity contribution in [3.8, 4) is 23.0 Å². The lowest BCUT2D eigenvalue weighted by molar-refractivity contribution is 0.314. The second kappa shape index (κ2) is 5.30. The van der Waals surface area contributed by atoms with Gasteiger partial charge in [-0.3, -0.25) is 0 Å². The van der Waals surface area contributed by atoms with Gasteiger partial charge in [-0.2, -0.15) is 0 Å². The molecule has 0 unspecified atom stereocenters. The van der Waals surface area contributed by atoms with E-state index >= 15 is 0 Å². The molecule has 1 aromatic carbocycles. The van der Waals surface area contributed by atoms with E-state index in [2.05, 4.69) is 6.58 Å². The highest BCUT2D eigenvalue weighted by Gasteiger charge is 2.18. The number of benzene rings is 1. The van der Waals surface area contributed by atoms with Crippen molar-refractivity contribution in [2.75, 3.05) is 21.3 Å². The summed E-state index contributed by atoms with van der Waals surface area (Å²) < 4.78 is 15.3. The lowest BCUT2D eigenvalue weighted by Crippen LogP contribution is -1.97. The molecule has 1 N–H and O–H groups in total. The molecule has 0 saturated heterocycles. The maximum Gasteiger partial charge on any atom is 0.207 e. The van der Waals surface area contributed by atoms with Crippen molar-refractivity contribution >= 4 is 0 Å². The smallest absolute Gasteiger partial charge is 0.207 e. The molecular weight excluding hydrogens is 208 g/mol. The van der Waals surface area contributed by atoms with Crippen LogP contribution >= 0.6 is 0 Å². The highest BCUT2D eigenvalue weighted by molar-refractivity contribution is 5.62. The highest BCUT2D eigenvalue weighted by atomic mass is 16.5. The second-order valence-corrected chi connectivity index (χ2v) is 3.15. The average molecular weight is 224 g/mol. The third kappa shape index (κ3) is 2.05. The van der Waals surface area contributed by atoms with Crippen molar-refractivity contribution in [2.45, 2.75) is 6.42 Å². The summed E-state index contributed by atoms with van der Waals surface area (Å²) in [6.45, 7) is 3.65. The van der Waals surface area contributed by atoms with Gasteiger partial charge in [-0.25, -0.2) is 0 Å². The Labute approximate surface area is 95.1 Å². The van der Waals surface area contributed by atoms with Crippen LogP contribution < -0.4 is 14.2 Å². The molecule has 0 saturated carbocycles. The van der Waals surface area contributed by atoms with Gasteiger partial charge < -0.3 is 19.3 Å². The quantitative estimate of drug-likeness (QED) is 0.778. The van der Waals surface area contributed by atoms with Crippen LogP contribution in [0.25, 0.3) is 0 Å². The molecule has 1 aromatic rings. The third-order valence-electron chi connectivity index (χ3n) is 2.24. The number of methoxy groups -OCH3 is 3. The maximum absolute atomic E-state index is 9.94. The van der Waals surface area contributed by atoms with E-state index in [1.54, 1.807) is 12.1 Å². The molecule has 4 nitrogen and oxygen atoms in total. The van der Waals surface area contributed by atoms with Crippen molar-refractivity contribution < 1.29 is 19.3 Å². The van der Waals surface area contributed by atoms with E-state index in [0.717, 1.165) is 5.56 Å². The first-order valence-corrected chi connectivity index (χ1v) is 4.81. The largest absolute Gasteiger partial charge is 0.502 e. The van der Waals surface area contributed by atoms with E-state index in [-0.39, 0.29) is 11.5 Å². The van der Waals surface area contributed by atoms with Gasteiger partial charge in [0.1, 0.15) is 0 Å². The molecular formula is C12H16O4. The van der Waals surface area contributed by atoms with E-state index in [9.17, 15) is 5.11 Å². The predicted octanol–water partition coefficient (Wildman–Crippen LogP) is 2.15. The Kier molecular flexibility index (Phi) is 4.05. The minimum absolute atomic E-state index is 0.0544. The molecule has 0 atom stereocenters. The van der Waals surface area contributed by atoms with Crippen molar-refractivity contribution in [1.82, 2.24) is 0 Å². The zero-order chi connectivity index (χ0) is 12.1. The summed E-state index contributed by atoms with van der Waals surface area (Å²) in [5.74, 6) is 1.07. The van der Waals surface area contributed by atoms with Gasteiger partial charge in [0.25, 0.3) is 0 Å². The number of hydrogen-bond acceptors (Lipinski definition) is 4. The first-order chi connectivity index (χ1) is 7.69. The molecule has 1 rings (SSSR count). The molecule has 0 fully saturated rings. The van der Waals surface area contributed by atoms with Crippen molar-refractivity contribution in [3.63, 3.8) is 0 Å². The fourth-order valence-electron chi connectivity index (χ4n) is 1.55. The van der Waals surface area contributed by atoms with Crippen LogP contribution in [0.4, 0.5) is 0 Å². The summed E-state index contributed by atoms with van der Waals surface area (Å²) in [4.78, 5) is 0. The molecule has 0 spiro atoms. The van der Waals surface area contributed by atoms with E-state index in [1.165, 1.54) is 21.3 Å². The van der Waals surface area contributed by atoms with E-state index in [4.69, 9.17) is 14.2 Å². The number of phenolic OH excluding ortho intramolecular Hbond substituents is 1. The number of phenols is 1. The molecule has 0 aliphatic carbocycles. The lowest BCUT2D eigenvalue weighted by Gasteiger charge is -2.15. The summed E-state index contributed by atoms with van der Waals surface area (Å²) in [5.41, 5.74) is 0.799. The minimum atomic E-state index is -0.0544. The Morgan fingerprint density at radius 2 is 1.81 bits per heavy atom. The van der Waals surface area contributed by atoms with Gasteiger partial charge in [0.2, 0.25) is 11.5 Å². The van der Waals surface area contributed by atoms with Crippen LogP contribution in [-0.2, 0) is 6.42 Å². The molecule has 0 aliphatic heterocycles. The standard InChI is InChI=1S/C12H16O4/c1-5-6-8-7-9(14-2)12(16-4)10(13)11(8)15-3/h5,7,13H,1,6H2,2-4H3. The summed E-state index contributed by atoms with van der Waals surface area (Å²) in [6, 6.07) is 1.76. The van der Waals surface area contributed by atoms with Crippen LogP contribution in [0, 0.1) is 0 Å². The normalized spacial score (nSPS) is 9.69. The van der Waals surface area contributed by atoms with Crippen LogP contribution in [0.15, 0.2) is 18.7 Å². The van der Waals surface area contributed by atoms with Gasteiger partial charge in [-0.05, 0) is 12.5 Å². The molecule has 0 aromatic heterocycles. The van der Waals surface area contributed by atoms with Crippen LogP contribution in [-0.4, -0.2) is 26.4 Å². The number of hydrogen-bond donors (Lipinski definition) is 1. The Bertz CT molecular complexity index is 385. The minimum Gasteiger partial charge on any atom is -0.502 e. The van der Waals surface area contributed by atoms with Gasteiger partial charge in [0.15, 0.2) is 11.5 Å². The third-order valence-corrected chi connectivity index (χ3v) is 2.24. The van der Waals surface area contributed by atoms with E-state index < -0.39 is 0 Å². The number of ether oxygens (including phenoxy) is 3.